The van der Waals surface area contributed by atoms with Gasteiger partial charge >= 0.3 is 0 Å². The molecule has 106 valence electrons. The van der Waals surface area contributed by atoms with Gasteiger partial charge in [-0.2, -0.15) is 0 Å². The van der Waals surface area contributed by atoms with E-state index in [1.165, 1.54) is 11.1 Å². The van der Waals surface area contributed by atoms with Crippen LogP contribution in [0, 0.1) is 6.92 Å². The fourth-order valence-corrected chi connectivity index (χ4v) is 2.17. The second-order valence-electron chi connectivity index (χ2n) is 5.24. The van der Waals surface area contributed by atoms with Gasteiger partial charge in [-0.15, -0.1) is 0 Å². The van der Waals surface area contributed by atoms with Gasteiger partial charge in [0, 0.05) is 6.04 Å². The summed E-state index contributed by atoms with van der Waals surface area (Å²) < 4.78 is 5.73. The monoisotopic (exact) mass is 269 g/mol. The maximum atomic E-state index is 6.14. The molecule has 0 amide bonds. The summed E-state index contributed by atoms with van der Waals surface area (Å²) >= 11 is 0. The van der Waals surface area contributed by atoms with Crippen LogP contribution in [0.5, 0.6) is 5.75 Å². The highest BCUT2D eigenvalue weighted by atomic mass is 16.5. The predicted octanol–water partition coefficient (Wildman–Crippen LogP) is 3.72. The zero-order chi connectivity index (χ0) is 14.2. The zero-order valence-corrected chi connectivity index (χ0v) is 12.1. The molecule has 20 heavy (non-hydrogen) atoms. The van der Waals surface area contributed by atoms with Crippen molar-refractivity contribution in [3.05, 3.63) is 65.7 Å². The summed E-state index contributed by atoms with van der Waals surface area (Å²) in [7, 11) is 0. The lowest BCUT2D eigenvalue weighted by Crippen LogP contribution is -2.23. The van der Waals surface area contributed by atoms with Gasteiger partial charge in [-0.05, 0) is 49.4 Å². The number of benzene rings is 2. The summed E-state index contributed by atoms with van der Waals surface area (Å²) in [6.07, 6.45) is 2.93. The summed E-state index contributed by atoms with van der Waals surface area (Å²) in [6.45, 7) is 2.75. The SMILES string of the molecule is Cc1cccc(OCCC(N)CCc2ccccc2)c1. The third-order valence-electron chi connectivity index (χ3n) is 3.39. The largest absolute Gasteiger partial charge is 0.494 e. The Balaban J connectivity index is 1.66. The van der Waals surface area contributed by atoms with E-state index in [1.807, 2.05) is 18.2 Å². The molecule has 2 aromatic rings. The quantitative estimate of drug-likeness (QED) is 0.831. The van der Waals surface area contributed by atoms with Gasteiger partial charge in [0.2, 0.25) is 0 Å². The molecule has 0 radical (unpaired) electrons. The minimum Gasteiger partial charge on any atom is -0.494 e. The molecule has 2 rings (SSSR count). The van der Waals surface area contributed by atoms with E-state index in [9.17, 15) is 0 Å². The Morgan fingerprint density at radius 1 is 1.00 bits per heavy atom. The van der Waals surface area contributed by atoms with Crippen LogP contribution in [-0.2, 0) is 6.42 Å². The summed E-state index contributed by atoms with van der Waals surface area (Å²) in [5.41, 5.74) is 8.70. The lowest BCUT2D eigenvalue weighted by Gasteiger charge is -2.12. The van der Waals surface area contributed by atoms with Crippen molar-refractivity contribution in [1.29, 1.82) is 0 Å². The van der Waals surface area contributed by atoms with E-state index in [2.05, 4.69) is 43.3 Å². The molecule has 0 fully saturated rings. The molecule has 0 aliphatic carbocycles. The van der Waals surface area contributed by atoms with Crippen molar-refractivity contribution in [3.8, 4) is 5.75 Å². The zero-order valence-electron chi connectivity index (χ0n) is 12.1. The molecule has 2 heteroatoms. The number of nitrogens with two attached hydrogens (primary N) is 1. The van der Waals surface area contributed by atoms with Gasteiger partial charge in [0.1, 0.15) is 5.75 Å². The first-order valence-electron chi connectivity index (χ1n) is 7.23. The van der Waals surface area contributed by atoms with Crippen LogP contribution in [0.3, 0.4) is 0 Å². The number of rotatable bonds is 7. The third kappa shape index (κ3) is 5.06. The molecule has 0 aliphatic rings. The van der Waals surface area contributed by atoms with Crippen LogP contribution in [0.4, 0.5) is 0 Å². The molecule has 2 aromatic carbocycles. The van der Waals surface area contributed by atoms with Crippen LogP contribution in [0.15, 0.2) is 54.6 Å². The van der Waals surface area contributed by atoms with Crippen molar-refractivity contribution < 1.29 is 4.74 Å². The van der Waals surface area contributed by atoms with E-state index in [0.717, 1.165) is 25.0 Å². The Kier molecular flexibility index (Phi) is 5.63. The summed E-state index contributed by atoms with van der Waals surface area (Å²) in [4.78, 5) is 0. The smallest absolute Gasteiger partial charge is 0.119 e. The molecule has 0 saturated carbocycles. The molecule has 2 nitrogen and oxygen atoms in total. The molecule has 0 aromatic heterocycles. The average Bonchev–Trinajstić information content (AvgIpc) is 2.46. The molecule has 0 bridgehead atoms. The molecule has 0 aliphatic heterocycles. The van der Waals surface area contributed by atoms with Gasteiger partial charge < -0.3 is 10.5 Å². The number of aryl methyl sites for hydroxylation is 2. The van der Waals surface area contributed by atoms with E-state index >= 15 is 0 Å². The number of ether oxygens (including phenoxy) is 1. The van der Waals surface area contributed by atoms with Crippen LogP contribution in [0.2, 0.25) is 0 Å². The van der Waals surface area contributed by atoms with Crippen LogP contribution in [0.1, 0.15) is 24.0 Å². The molecule has 0 spiro atoms. The number of hydrogen-bond acceptors (Lipinski definition) is 2. The predicted molar refractivity (Wildman–Crippen MR) is 84.0 cm³/mol. The highest BCUT2D eigenvalue weighted by molar-refractivity contribution is 5.27. The molecule has 1 unspecified atom stereocenters. The maximum Gasteiger partial charge on any atom is 0.119 e. The van der Waals surface area contributed by atoms with E-state index in [-0.39, 0.29) is 6.04 Å². The van der Waals surface area contributed by atoms with Crippen LogP contribution in [0.25, 0.3) is 0 Å². The Morgan fingerprint density at radius 2 is 1.80 bits per heavy atom. The summed E-state index contributed by atoms with van der Waals surface area (Å²) in [5, 5.41) is 0. The fraction of sp³-hybridized carbons (Fsp3) is 0.333. The fourth-order valence-electron chi connectivity index (χ4n) is 2.17. The molecule has 0 heterocycles. The first-order valence-corrected chi connectivity index (χ1v) is 7.23. The Hall–Kier alpha value is -1.80. The summed E-state index contributed by atoms with van der Waals surface area (Å²) in [6, 6.07) is 18.8. The first-order chi connectivity index (χ1) is 9.74. The second kappa shape index (κ2) is 7.71. The van der Waals surface area contributed by atoms with Gasteiger partial charge in [0.25, 0.3) is 0 Å². The van der Waals surface area contributed by atoms with Crippen molar-refractivity contribution in [1.82, 2.24) is 0 Å². The van der Waals surface area contributed by atoms with E-state index < -0.39 is 0 Å². The molecule has 0 saturated heterocycles. The first kappa shape index (κ1) is 14.6. The molecular formula is C18H23NO. The Morgan fingerprint density at radius 3 is 2.55 bits per heavy atom. The van der Waals surface area contributed by atoms with E-state index in [0.29, 0.717) is 6.61 Å². The van der Waals surface area contributed by atoms with Gasteiger partial charge in [0.15, 0.2) is 0 Å². The van der Waals surface area contributed by atoms with Crippen LogP contribution >= 0.6 is 0 Å². The summed E-state index contributed by atoms with van der Waals surface area (Å²) in [5.74, 6) is 0.931. The average molecular weight is 269 g/mol. The van der Waals surface area contributed by atoms with Gasteiger partial charge in [-0.1, -0.05) is 42.5 Å². The van der Waals surface area contributed by atoms with Crippen molar-refractivity contribution >= 4 is 0 Å². The van der Waals surface area contributed by atoms with Gasteiger partial charge in [-0.3, -0.25) is 0 Å². The minimum atomic E-state index is 0.194. The van der Waals surface area contributed by atoms with Gasteiger partial charge in [-0.25, -0.2) is 0 Å². The lowest BCUT2D eigenvalue weighted by atomic mass is 10.0. The van der Waals surface area contributed by atoms with E-state index in [4.69, 9.17) is 10.5 Å². The maximum absolute atomic E-state index is 6.14. The third-order valence-corrected chi connectivity index (χ3v) is 3.39. The van der Waals surface area contributed by atoms with Crippen molar-refractivity contribution in [2.75, 3.05) is 6.61 Å². The Labute approximate surface area is 121 Å². The highest BCUT2D eigenvalue weighted by Crippen LogP contribution is 2.13. The van der Waals surface area contributed by atoms with Crippen LogP contribution < -0.4 is 10.5 Å². The lowest BCUT2D eigenvalue weighted by molar-refractivity contribution is 0.294. The molecule has 1 atom stereocenters. The van der Waals surface area contributed by atoms with Crippen molar-refractivity contribution in [2.24, 2.45) is 5.73 Å². The molecule has 2 N–H and O–H groups in total. The number of hydrogen-bond donors (Lipinski definition) is 1. The van der Waals surface area contributed by atoms with Crippen molar-refractivity contribution in [2.45, 2.75) is 32.2 Å². The van der Waals surface area contributed by atoms with Crippen molar-refractivity contribution in [3.63, 3.8) is 0 Å². The highest BCUT2D eigenvalue weighted by Gasteiger charge is 2.04. The Bertz CT molecular complexity index is 510. The standard InChI is InChI=1S/C18H23NO/c1-15-6-5-9-18(14-15)20-13-12-17(19)11-10-16-7-3-2-4-8-16/h2-9,14,17H,10-13,19H2,1H3. The van der Waals surface area contributed by atoms with Gasteiger partial charge in [0.05, 0.1) is 6.61 Å². The minimum absolute atomic E-state index is 0.194. The molecular weight excluding hydrogens is 246 g/mol. The van der Waals surface area contributed by atoms with E-state index in [1.54, 1.807) is 0 Å². The van der Waals surface area contributed by atoms with Crippen LogP contribution in [-0.4, -0.2) is 12.6 Å². The topological polar surface area (TPSA) is 35.2 Å². The normalized spacial score (nSPS) is 12.1. The second-order valence-corrected chi connectivity index (χ2v) is 5.24.